The molecule has 0 atom stereocenters. The molecule has 36 heavy (non-hydrogen) atoms. The number of nitrogens with one attached hydrogen (secondary N) is 2. The highest BCUT2D eigenvalue weighted by atomic mass is 16.4. The van der Waals surface area contributed by atoms with Crippen LogP contribution in [0.15, 0.2) is 65.1 Å². The van der Waals surface area contributed by atoms with Gasteiger partial charge in [0.15, 0.2) is 5.76 Å². The monoisotopic (exact) mass is 485 g/mol. The van der Waals surface area contributed by atoms with Crippen LogP contribution in [-0.4, -0.2) is 47.7 Å². The lowest BCUT2D eigenvalue weighted by Gasteiger charge is -2.29. The zero-order valence-corrected chi connectivity index (χ0v) is 20.6. The zero-order chi connectivity index (χ0) is 25.1. The first-order valence-electron chi connectivity index (χ1n) is 12.3. The summed E-state index contributed by atoms with van der Waals surface area (Å²) in [5, 5.41) is 17.6. The van der Waals surface area contributed by atoms with E-state index in [4.69, 9.17) is 14.4 Å². The minimum Gasteiger partial charge on any atom is -0.507 e. The number of rotatable bonds is 7. The molecule has 186 valence electrons. The molecule has 4 aromatic rings. The quantitative estimate of drug-likeness (QED) is 0.336. The van der Waals surface area contributed by atoms with Gasteiger partial charge < -0.3 is 25.1 Å². The maximum Gasteiger partial charge on any atom is 0.287 e. The van der Waals surface area contributed by atoms with Crippen molar-refractivity contribution in [1.29, 1.82) is 0 Å². The van der Waals surface area contributed by atoms with Gasteiger partial charge >= 0.3 is 0 Å². The number of hydrogen-bond acceptors (Lipinski definition) is 7. The summed E-state index contributed by atoms with van der Waals surface area (Å²) in [6.45, 7) is 0.607. The van der Waals surface area contributed by atoms with Crippen molar-refractivity contribution >= 4 is 28.6 Å². The summed E-state index contributed by atoms with van der Waals surface area (Å²) < 4.78 is 5.69. The van der Waals surface area contributed by atoms with Crippen molar-refractivity contribution < 1.29 is 14.3 Å². The Bertz CT molecular complexity index is 1360. The number of furan rings is 1. The van der Waals surface area contributed by atoms with Gasteiger partial charge in [0.05, 0.1) is 11.1 Å². The Morgan fingerprint density at radius 3 is 2.53 bits per heavy atom. The van der Waals surface area contributed by atoms with Crippen LogP contribution in [0.3, 0.4) is 0 Å². The standard InChI is InChI=1S/C28H31N5O3/c1-33(2)26-20-7-3-5-9-22(20)31-28(32-26)30-19-13-11-18(12-14-19)17-29-27(35)25-16-15-24(36-25)21-8-4-6-10-23(21)34/h3-10,15-16,18-19,34H,11-14,17H2,1-2H3,(H,29,35)(H,30,31,32)/t18-,19+. The van der Waals surface area contributed by atoms with Crippen molar-refractivity contribution in [3.63, 3.8) is 0 Å². The number of aromatic nitrogens is 2. The average molecular weight is 486 g/mol. The summed E-state index contributed by atoms with van der Waals surface area (Å²) in [6, 6.07) is 18.6. The van der Waals surface area contributed by atoms with Gasteiger partial charge in [-0.3, -0.25) is 4.79 Å². The highest BCUT2D eigenvalue weighted by molar-refractivity contribution is 5.92. The van der Waals surface area contributed by atoms with Crippen LogP contribution in [0, 0.1) is 5.92 Å². The first kappa shape index (κ1) is 23.7. The molecule has 0 saturated heterocycles. The first-order valence-corrected chi connectivity index (χ1v) is 12.3. The summed E-state index contributed by atoms with van der Waals surface area (Å²) in [5.41, 5.74) is 1.49. The Hall–Kier alpha value is -4.07. The molecule has 0 aliphatic heterocycles. The van der Waals surface area contributed by atoms with Crippen molar-refractivity contribution in [2.45, 2.75) is 31.7 Å². The Labute approximate surface area is 210 Å². The van der Waals surface area contributed by atoms with Crippen LogP contribution in [0.2, 0.25) is 0 Å². The molecule has 8 nitrogen and oxygen atoms in total. The van der Waals surface area contributed by atoms with E-state index in [0.717, 1.165) is 42.4 Å². The van der Waals surface area contributed by atoms with Crippen LogP contribution >= 0.6 is 0 Å². The Morgan fingerprint density at radius 1 is 1.00 bits per heavy atom. The molecule has 0 radical (unpaired) electrons. The second kappa shape index (κ2) is 10.3. The fourth-order valence-electron chi connectivity index (χ4n) is 4.77. The van der Waals surface area contributed by atoms with Crippen LogP contribution in [0.1, 0.15) is 36.2 Å². The van der Waals surface area contributed by atoms with E-state index >= 15 is 0 Å². The minimum atomic E-state index is -0.238. The third-order valence-corrected chi connectivity index (χ3v) is 6.74. The maximum absolute atomic E-state index is 12.6. The number of aromatic hydroxyl groups is 1. The average Bonchev–Trinajstić information content (AvgIpc) is 3.38. The lowest BCUT2D eigenvalue weighted by molar-refractivity contribution is 0.0916. The van der Waals surface area contributed by atoms with Gasteiger partial charge in [-0.25, -0.2) is 4.98 Å². The van der Waals surface area contributed by atoms with E-state index in [9.17, 15) is 9.90 Å². The molecule has 2 aromatic heterocycles. The van der Waals surface area contributed by atoms with Gasteiger partial charge in [0.25, 0.3) is 5.91 Å². The molecule has 2 aromatic carbocycles. The molecule has 1 saturated carbocycles. The van der Waals surface area contributed by atoms with Gasteiger partial charge in [-0.15, -0.1) is 0 Å². The molecule has 1 aliphatic carbocycles. The van der Waals surface area contributed by atoms with E-state index < -0.39 is 0 Å². The van der Waals surface area contributed by atoms with Crippen LogP contribution in [0.5, 0.6) is 5.75 Å². The number of phenolic OH excluding ortho intramolecular Hbond substituents is 1. The zero-order valence-electron chi connectivity index (χ0n) is 20.6. The molecular formula is C28H31N5O3. The van der Waals surface area contributed by atoms with Crippen molar-refractivity contribution in [2.24, 2.45) is 5.92 Å². The molecule has 2 heterocycles. The minimum absolute atomic E-state index is 0.121. The maximum atomic E-state index is 12.6. The summed E-state index contributed by atoms with van der Waals surface area (Å²) in [4.78, 5) is 24.1. The molecule has 5 rings (SSSR count). The first-order chi connectivity index (χ1) is 17.5. The normalized spacial score (nSPS) is 17.6. The van der Waals surface area contributed by atoms with Crippen molar-refractivity contribution in [2.75, 3.05) is 30.9 Å². The van der Waals surface area contributed by atoms with E-state index in [2.05, 4.69) is 10.6 Å². The lowest BCUT2D eigenvalue weighted by atomic mass is 9.86. The predicted molar refractivity (Wildman–Crippen MR) is 141 cm³/mol. The number of amides is 1. The fourth-order valence-corrected chi connectivity index (χ4v) is 4.77. The molecular weight excluding hydrogens is 454 g/mol. The van der Waals surface area contributed by atoms with E-state index in [1.54, 1.807) is 30.3 Å². The summed E-state index contributed by atoms with van der Waals surface area (Å²) >= 11 is 0. The Morgan fingerprint density at radius 2 is 1.75 bits per heavy atom. The lowest BCUT2D eigenvalue weighted by Crippen LogP contribution is -2.34. The molecule has 1 aliphatic rings. The highest BCUT2D eigenvalue weighted by Gasteiger charge is 2.23. The van der Waals surface area contributed by atoms with Gasteiger partial charge in [0.1, 0.15) is 17.3 Å². The molecule has 1 amide bonds. The van der Waals surface area contributed by atoms with Gasteiger partial charge in [0, 0.05) is 32.1 Å². The topological polar surface area (TPSA) is 104 Å². The number of phenols is 1. The molecule has 8 heteroatoms. The van der Waals surface area contributed by atoms with Gasteiger partial charge in [0.2, 0.25) is 5.95 Å². The second-order valence-electron chi connectivity index (χ2n) is 9.54. The molecule has 3 N–H and O–H groups in total. The van der Waals surface area contributed by atoms with Crippen LogP contribution in [0.25, 0.3) is 22.2 Å². The van der Waals surface area contributed by atoms with Crippen molar-refractivity contribution in [1.82, 2.24) is 15.3 Å². The van der Waals surface area contributed by atoms with Crippen molar-refractivity contribution in [3.05, 3.63) is 66.4 Å². The van der Waals surface area contributed by atoms with E-state index in [1.165, 1.54) is 0 Å². The second-order valence-corrected chi connectivity index (χ2v) is 9.54. The largest absolute Gasteiger partial charge is 0.507 e. The van der Waals surface area contributed by atoms with Crippen LogP contribution < -0.4 is 15.5 Å². The van der Waals surface area contributed by atoms with Gasteiger partial charge in [-0.2, -0.15) is 4.98 Å². The highest BCUT2D eigenvalue weighted by Crippen LogP contribution is 2.31. The molecule has 0 bridgehead atoms. The summed E-state index contributed by atoms with van der Waals surface area (Å²) in [7, 11) is 3.99. The molecule has 1 fully saturated rings. The Kier molecular flexibility index (Phi) is 6.75. The number of carbonyl (C=O) groups excluding carboxylic acids is 1. The Balaban J connectivity index is 1.14. The van der Waals surface area contributed by atoms with Crippen LogP contribution in [-0.2, 0) is 0 Å². The summed E-state index contributed by atoms with van der Waals surface area (Å²) in [5.74, 6) is 2.57. The number of carbonyl (C=O) groups is 1. The summed E-state index contributed by atoms with van der Waals surface area (Å²) in [6.07, 6.45) is 4.00. The molecule has 0 spiro atoms. The van der Waals surface area contributed by atoms with E-state index in [-0.39, 0.29) is 17.4 Å². The predicted octanol–water partition coefficient (Wildman–Crippen LogP) is 5.06. The van der Waals surface area contributed by atoms with Crippen molar-refractivity contribution in [3.8, 4) is 17.1 Å². The number of para-hydroxylation sites is 2. The number of benzene rings is 2. The SMILES string of the molecule is CN(C)c1nc(N[C@H]2CC[C@@H](CNC(=O)c3ccc(-c4ccccc4O)o3)CC2)nc2ccccc12. The number of anilines is 2. The smallest absolute Gasteiger partial charge is 0.287 e. The van der Waals surface area contributed by atoms with E-state index in [1.807, 2.05) is 49.3 Å². The number of nitrogens with zero attached hydrogens (tertiary/aromatic N) is 3. The van der Waals surface area contributed by atoms with Gasteiger partial charge in [-0.05, 0) is 68.0 Å². The van der Waals surface area contributed by atoms with Gasteiger partial charge in [-0.1, -0.05) is 24.3 Å². The van der Waals surface area contributed by atoms with Crippen LogP contribution in [0.4, 0.5) is 11.8 Å². The number of fused-ring (bicyclic) bond motifs is 1. The number of hydrogen-bond donors (Lipinski definition) is 3. The molecule has 0 unspecified atom stereocenters. The fraction of sp³-hybridized carbons (Fsp3) is 0.321. The third-order valence-electron chi connectivity index (χ3n) is 6.74. The van der Waals surface area contributed by atoms with E-state index in [0.29, 0.717) is 35.8 Å². The third kappa shape index (κ3) is 5.12.